The fraction of sp³-hybridized carbons (Fsp3) is 0.500. The molecule has 0 unspecified atom stereocenters. The molecule has 1 aliphatic carbocycles. The van der Waals surface area contributed by atoms with E-state index in [-0.39, 0.29) is 18.1 Å². The number of amides is 1. The van der Waals surface area contributed by atoms with E-state index in [0.29, 0.717) is 17.4 Å². The first-order valence-electron chi connectivity index (χ1n) is 10.1. The van der Waals surface area contributed by atoms with Gasteiger partial charge in [0.15, 0.2) is 6.61 Å². The summed E-state index contributed by atoms with van der Waals surface area (Å²) >= 11 is 0. The molecule has 1 amide bonds. The van der Waals surface area contributed by atoms with Crippen molar-refractivity contribution in [2.24, 2.45) is 11.8 Å². The van der Waals surface area contributed by atoms with Gasteiger partial charge in [0.05, 0.1) is 0 Å². The van der Waals surface area contributed by atoms with Gasteiger partial charge in [0.2, 0.25) is 0 Å². The number of esters is 1. The molecule has 6 nitrogen and oxygen atoms in total. The van der Waals surface area contributed by atoms with Gasteiger partial charge in [-0.25, -0.2) is 4.79 Å². The lowest BCUT2D eigenvalue weighted by molar-refractivity contribution is -0.137. The van der Waals surface area contributed by atoms with Gasteiger partial charge in [-0.2, -0.15) is 0 Å². The molecule has 1 aromatic heterocycles. The second kappa shape index (κ2) is 8.17. The predicted molar refractivity (Wildman–Crippen MR) is 104 cm³/mol. The number of carbonyl (C=O) groups excluding carboxylic acids is 2. The number of nitrogens with zero attached hydrogens (tertiary/aromatic N) is 2. The van der Waals surface area contributed by atoms with Gasteiger partial charge in [0, 0.05) is 18.7 Å². The molecule has 1 saturated carbocycles. The SMILES string of the molecule is Cc1onc(-c2ccccc2)c1C(=O)OCC(=O)N1CC[C@@H]2CCCC[C@H]2C1. The van der Waals surface area contributed by atoms with Crippen molar-refractivity contribution in [2.45, 2.75) is 39.0 Å². The normalized spacial score (nSPS) is 21.8. The van der Waals surface area contributed by atoms with Crippen molar-refractivity contribution in [3.8, 4) is 11.3 Å². The molecule has 2 aliphatic rings. The number of piperidine rings is 1. The highest BCUT2D eigenvalue weighted by Crippen LogP contribution is 2.36. The number of fused-ring (bicyclic) bond motifs is 1. The first-order valence-corrected chi connectivity index (χ1v) is 10.1. The van der Waals surface area contributed by atoms with E-state index in [1.807, 2.05) is 35.2 Å². The molecule has 2 heterocycles. The third kappa shape index (κ3) is 3.81. The van der Waals surface area contributed by atoms with Crippen molar-refractivity contribution >= 4 is 11.9 Å². The van der Waals surface area contributed by atoms with Crippen molar-refractivity contribution in [3.05, 3.63) is 41.7 Å². The average Bonchev–Trinajstić information content (AvgIpc) is 3.13. The summed E-state index contributed by atoms with van der Waals surface area (Å²) in [6.07, 6.45) is 6.13. The number of likely N-dealkylation sites (tertiary alicyclic amines) is 1. The van der Waals surface area contributed by atoms with Crippen LogP contribution >= 0.6 is 0 Å². The zero-order valence-electron chi connectivity index (χ0n) is 16.2. The average molecular weight is 382 g/mol. The van der Waals surface area contributed by atoms with Crippen molar-refractivity contribution in [1.82, 2.24) is 10.1 Å². The quantitative estimate of drug-likeness (QED) is 0.751. The zero-order chi connectivity index (χ0) is 19.5. The van der Waals surface area contributed by atoms with E-state index in [9.17, 15) is 9.59 Å². The van der Waals surface area contributed by atoms with E-state index in [0.717, 1.165) is 31.0 Å². The summed E-state index contributed by atoms with van der Waals surface area (Å²) in [4.78, 5) is 27.1. The number of rotatable bonds is 4. The number of carbonyl (C=O) groups is 2. The summed E-state index contributed by atoms with van der Waals surface area (Å²) in [7, 11) is 0. The van der Waals surface area contributed by atoms with Crippen LogP contribution in [0.4, 0.5) is 0 Å². The minimum absolute atomic E-state index is 0.118. The summed E-state index contributed by atoms with van der Waals surface area (Å²) in [5.74, 6) is 1.06. The number of hydrogen-bond acceptors (Lipinski definition) is 5. The first-order chi connectivity index (χ1) is 13.6. The Balaban J connectivity index is 1.38. The minimum atomic E-state index is -0.571. The number of benzene rings is 1. The van der Waals surface area contributed by atoms with E-state index in [2.05, 4.69) is 5.16 Å². The van der Waals surface area contributed by atoms with E-state index >= 15 is 0 Å². The van der Waals surface area contributed by atoms with Crippen molar-refractivity contribution < 1.29 is 18.8 Å². The van der Waals surface area contributed by atoms with Crippen LogP contribution in [0.3, 0.4) is 0 Å². The van der Waals surface area contributed by atoms with Crippen molar-refractivity contribution in [3.63, 3.8) is 0 Å². The second-order valence-corrected chi connectivity index (χ2v) is 7.84. The van der Waals surface area contributed by atoms with Gasteiger partial charge in [-0.1, -0.05) is 54.8 Å². The van der Waals surface area contributed by atoms with Gasteiger partial charge in [0.25, 0.3) is 5.91 Å². The maximum atomic E-state index is 12.6. The van der Waals surface area contributed by atoms with Gasteiger partial charge < -0.3 is 14.2 Å². The number of aryl methyl sites for hydroxylation is 1. The van der Waals surface area contributed by atoms with Gasteiger partial charge >= 0.3 is 5.97 Å². The maximum absolute atomic E-state index is 12.6. The molecular formula is C22H26N2O4. The monoisotopic (exact) mass is 382 g/mol. The summed E-state index contributed by atoms with van der Waals surface area (Å²) < 4.78 is 10.6. The van der Waals surface area contributed by atoms with Gasteiger partial charge in [-0.15, -0.1) is 0 Å². The van der Waals surface area contributed by atoms with E-state index in [4.69, 9.17) is 9.26 Å². The Kier molecular flexibility index (Phi) is 5.46. The van der Waals surface area contributed by atoms with Crippen LogP contribution in [-0.4, -0.2) is 41.6 Å². The molecule has 1 aliphatic heterocycles. The van der Waals surface area contributed by atoms with Crippen LogP contribution in [-0.2, 0) is 9.53 Å². The zero-order valence-corrected chi connectivity index (χ0v) is 16.2. The standard InChI is InChI=1S/C22H26N2O4/c1-15-20(21(23-28-15)17-8-3-2-4-9-17)22(26)27-14-19(25)24-12-11-16-7-5-6-10-18(16)13-24/h2-4,8-9,16,18H,5-7,10-14H2,1H3/t16-,18-/m0/s1. The van der Waals surface area contributed by atoms with Crippen LogP contribution < -0.4 is 0 Å². The molecule has 0 N–H and O–H groups in total. The lowest BCUT2D eigenvalue weighted by Gasteiger charge is -2.41. The number of ether oxygens (including phenoxy) is 1. The van der Waals surface area contributed by atoms with Gasteiger partial charge in [-0.3, -0.25) is 4.79 Å². The van der Waals surface area contributed by atoms with Crippen LogP contribution in [0.25, 0.3) is 11.3 Å². The molecule has 2 atom stereocenters. The lowest BCUT2D eigenvalue weighted by atomic mass is 9.75. The molecule has 2 aromatic rings. The molecule has 4 rings (SSSR count). The maximum Gasteiger partial charge on any atom is 0.344 e. The topological polar surface area (TPSA) is 72.6 Å². The molecule has 28 heavy (non-hydrogen) atoms. The van der Waals surface area contributed by atoms with E-state index in [1.165, 1.54) is 25.7 Å². The van der Waals surface area contributed by atoms with Crippen LogP contribution in [0.2, 0.25) is 0 Å². The fourth-order valence-electron chi connectivity index (χ4n) is 4.52. The summed E-state index contributed by atoms with van der Waals surface area (Å²) in [6, 6.07) is 9.34. The minimum Gasteiger partial charge on any atom is -0.452 e. The molecule has 2 fully saturated rings. The first kappa shape index (κ1) is 18.7. The molecule has 1 aromatic carbocycles. The molecule has 6 heteroatoms. The van der Waals surface area contributed by atoms with Crippen LogP contribution in [0, 0.1) is 18.8 Å². The van der Waals surface area contributed by atoms with E-state index in [1.54, 1.807) is 6.92 Å². The second-order valence-electron chi connectivity index (χ2n) is 7.84. The summed E-state index contributed by atoms with van der Waals surface area (Å²) in [6.45, 7) is 2.99. The fourth-order valence-corrected chi connectivity index (χ4v) is 4.52. The van der Waals surface area contributed by atoms with Gasteiger partial charge in [-0.05, 0) is 31.6 Å². The number of aromatic nitrogens is 1. The number of hydrogen-bond donors (Lipinski definition) is 0. The smallest absolute Gasteiger partial charge is 0.344 e. The van der Waals surface area contributed by atoms with E-state index < -0.39 is 5.97 Å². The van der Waals surface area contributed by atoms with Crippen molar-refractivity contribution in [1.29, 1.82) is 0 Å². The molecule has 0 bridgehead atoms. The highest BCUT2D eigenvalue weighted by atomic mass is 16.5. The molecule has 1 saturated heterocycles. The Morgan fingerprint density at radius 2 is 1.89 bits per heavy atom. The van der Waals surface area contributed by atoms with Crippen LogP contribution in [0.1, 0.15) is 48.2 Å². The van der Waals surface area contributed by atoms with Crippen molar-refractivity contribution in [2.75, 3.05) is 19.7 Å². The van der Waals surface area contributed by atoms with Crippen LogP contribution in [0.5, 0.6) is 0 Å². The molecule has 0 radical (unpaired) electrons. The highest BCUT2D eigenvalue weighted by molar-refractivity contribution is 5.98. The third-order valence-corrected chi connectivity index (χ3v) is 6.08. The summed E-state index contributed by atoms with van der Waals surface area (Å²) in [5.41, 5.74) is 1.50. The Morgan fingerprint density at radius 3 is 2.68 bits per heavy atom. The third-order valence-electron chi connectivity index (χ3n) is 6.08. The molecular weight excluding hydrogens is 356 g/mol. The van der Waals surface area contributed by atoms with Gasteiger partial charge in [0.1, 0.15) is 17.0 Å². The Labute approximate surface area is 164 Å². The van der Waals surface area contributed by atoms with Crippen LogP contribution in [0.15, 0.2) is 34.9 Å². The lowest BCUT2D eigenvalue weighted by Crippen LogP contribution is -2.46. The predicted octanol–water partition coefficient (Wildman–Crippen LogP) is 3.85. The Hall–Kier alpha value is -2.63. The highest BCUT2D eigenvalue weighted by Gasteiger charge is 2.33. The summed E-state index contributed by atoms with van der Waals surface area (Å²) in [5, 5.41) is 4.00. The molecule has 0 spiro atoms. The largest absolute Gasteiger partial charge is 0.452 e. The Morgan fingerprint density at radius 1 is 1.14 bits per heavy atom. The Bertz CT molecular complexity index is 845. The molecule has 148 valence electrons.